The van der Waals surface area contributed by atoms with Crippen LogP contribution in [0.4, 0.5) is 0 Å². The highest BCUT2D eigenvalue weighted by atomic mass is 127. The SMILES string of the molecule is O=C(c1cc(Br)ccc1I)C1CC1. The summed E-state index contributed by atoms with van der Waals surface area (Å²) in [6.07, 6.45) is 2.14. The topological polar surface area (TPSA) is 17.1 Å². The smallest absolute Gasteiger partial charge is 0.167 e. The molecule has 0 radical (unpaired) electrons. The van der Waals surface area contributed by atoms with Crippen molar-refractivity contribution in [3.63, 3.8) is 0 Å². The number of halogens is 2. The van der Waals surface area contributed by atoms with Crippen LogP contribution in [0.3, 0.4) is 0 Å². The Hall–Kier alpha value is 0.1000. The lowest BCUT2D eigenvalue weighted by atomic mass is 10.1. The zero-order valence-electron chi connectivity index (χ0n) is 6.89. The van der Waals surface area contributed by atoms with E-state index < -0.39 is 0 Å². The average molecular weight is 351 g/mol. The maximum Gasteiger partial charge on any atom is 0.167 e. The first-order chi connectivity index (χ1) is 6.18. The van der Waals surface area contributed by atoms with E-state index in [1.807, 2.05) is 18.2 Å². The summed E-state index contributed by atoms with van der Waals surface area (Å²) in [6, 6.07) is 5.86. The maximum absolute atomic E-state index is 11.8. The number of carbonyl (C=O) groups excluding carboxylic acids is 1. The van der Waals surface area contributed by atoms with Gasteiger partial charge in [-0.2, -0.15) is 0 Å². The minimum Gasteiger partial charge on any atom is -0.294 e. The zero-order valence-corrected chi connectivity index (χ0v) is 10.6. The molecule has 2 rings (SSSR count). The van der Waals surface area contributed by atoms with Gasteiger partial charge in [-0.15, -0.1) is 0 Å². The van der Waals surface area contributed by atoms with Gasteiger partial charge in [0.1, 0.15) is 0 Å². The first kappa shape index (κ1) is 9.65. The first-order valence-electron chi connectivity index (χ1n) is 4.18. The van der Waals surface area contributed by atoms with Gasteiger partial charge in [-0.05, 0) is 53.6 Å². The Kier molecular flexibility index (Phi) is 2.74. The quantitative estimate of drug-likeness (QED) is 0.587. The van der Waals surface area contributed by atoms with Gasteiger partial charge in [0, 0.05) is 19.5 Å². The minimum absolute atomic E-state index is 0.308. The molecular weight excluding hydrogens is 343 g/mol. The molecule has 1 fully saturated rings. The summed E-state index contributed by atoms with van der Waals surface area (Å²) in [4.78, 5) is 11.8. The van der Waals surface area contributed by atoms with E-state index in [0.29, 0.717) is 11.7 Å². The number of hydrogen-bond donors (Lipinski definition) is 0. The molecule has 0 atom stereocenters. The fourth-order valence-corrected chi connectivity index (χ4v) is 2.21. The number of rotatable bonds is 2. The molecule has 0 spiro atoms. The Bertz CT molecular complexity index is 358. The molecule has 1 nitrogen and oxygen atoms in total. The van der Waals surface area contributed by atoms with Crippen LogP contribution in [0.2, 0.25) is 0 Å². The average Bonchev–Trinajstić information content (AvgIpc) is 2.91. The molecule has 0 aromatic heterocycles. The minimum atomic E-state index is 0.308. The maximum atomic E-state index is 11.8. The lowest BCUT2D eigenvalue weighted by molar-refractivity contribution is 0.0966. The molecule has 0 heterocycles. The van der Waals surface area contributed by atoms with Gasteiger partial charge in [0.2, 0.25) is 0 Å². The number of hydrogen-bond acceptors (Lipinski definition) is 1. The number of Topliss-reactive ketones (excluding diaryl/α,β-unsaturated/α-hetero) is 1. The Morgan fingerprint density at radius 2 is 2.15 bits per heavy atom. The Balaban J connectivity index is 2.37. The number of carbonyl (C=O) groups is 1. The van der Waals surface area contributed by atoms with E-state index in [2.05, 4.69) is 38.5 Å². The van der Waals surface area contributed by atoms with Gasteiger partial charge in [0.05, 0.1) is 0 Å². The van der Waals surface area contributed by atoms with Crippen molar-refractivity contribution in [1.82, 2.24) is 0 Å². The first-order valence-corrected chi connectivity index (χ1v) is 6.05. The fourth-order valence-electron chi connectivity index (χ4n) is 1.25. The third-order valence-corrected chi connectivity index (χ3v) is 3.58. The molecule has 0 saturated heterocycles. The summed E-state index contributed by atoms with van der Waals surface area (Å²) < 4.78 is 2.04. The van der Waals surface area contributed by atoms with Crippen LogP contribution in [0.5, 0.6) is 0 Å². The highest BCUT2D eigenvalue weighted by Gasteiger charge is 2.31. The van der Waals surface area contributed by atoms with E-state index in [1.165, 1.54) is 0 Å². The van der Waals surface area contributed by atoms with E-state index in [4.69, 9.17) is 0 Å². The molecule has 1 aliphatic rings. The molecule has 0 bridgehead atoms. The van der Waals surface area contributed by atoms with Gasteiger partial charge >= 0.3 is 0 Å². The molecule has 68 valence electrons. The van der Waals surface area contributed by atoms with E-state index in [0.717, 1.165) is 26.4 Å². The van der Waals surface area contributed by atoms with E-state index in [9.17, 15) is 4.79 Å². The van der Waals surface area contributed by atoms with Crippen LogP contribution in [0, 0.1) is 9.49 Å². The van der Waals surface area contributed by atoms with Crippen LogP contribution in [0.15, 0.2) is 22.7 Å². The number of ketones is 1. The van der Waals surface area contributed by atoms with Crippen LogP contribution in [0.25, 0.3) is 0 Å². The second-order valence-electron chi connectivity index (χ2n) is 3.26. The summed E-state index contributed by atoms with van der Waals surface area (Å²) in [5, 5.41) is 0. The Labute approximate surface area is 99.2 Å². The standard InChI is InChI=1S/C10H8BrIO/c11-7-3-4-9(12)8(5-7)10(13)6-1-2-6/h3-6H,1-2H2. The van der Waals surface area contributed by atoms with E-state index in [-0.39, 0.29) is 0 Å². The van der Waals surface area contributed by atoms with Crippen molar-refractivity contribution in [2.45, 2.75) is 12.8 Å². The second-order valence-corrected chi connectivity index (χ2v) is 5.34. The molecule has 1 aromatic rings. The van der Waals surface area contributed by atoms with Crippen molar-refractivity contribution < 1.29 is 4.79 Å². The summed E-state index contributed by atoms with van der Waals surface area (Å²) in [7, 11) is 0. The van der Waals surface area contributed by atoms with Gasteiger partial charge in [-0.3, -0.25) is 4.79 Å². The van der Waals surface area contributed by atoms with Crippen molar-refractivity contribution in [2.24, 2.45) is 5.92 Å². The summed E-state index contributed by atoms with van der Waals surface area (Å²) in [6.45, 7) is 0. The third-order valence-electron chi connectivity index (χ3n) is 2.14. The highest BCUT2D eigenvalue weighted by molar-refractivity contribution is 14.1. The van der Waals surface area contributed by atoms with Crippen molar-refractivity contribution in [3.05, 3.63) is 31.8 Å². The second kappa shape index (κ2) is 3.69. The predicted octanol–water partition coefficient (Wildman–Crippen LogP) is 3.65. The molecule has 3 heteroatoms. The molecule has 0 amide bonds. The fraction of sp³-hybridized carbons (Fsp3) is 0.300. The van der Waals surface area contributed by atoms with Gasteiger partial charge < -0.3 is 0 Å². The lowest BCUT2D eigenvalue weighted by Gasteiger charge is -2.02. The Morgan fingerprint density at radius 3 is 2.77 bits per heavy atom. The van der Waals surface area contributed by atoms with Gasteiger partial charge in [-0.1, -0.05) is 15.9 Å². The molecule has 1 aromatic carbocycles. The van der Waals surface area contributed by atoms with Gasteiger partial charge in [0.15, 0.2) is 5.78 Å². The largest absolute Gasteiger partial charge is 0.294 e. The highest BCUT2D eigenvalue weighted by Crippen LogP contribution is 2.34. The van der Waals surface area contributed by atoms with Gasteiger partial charge in [-0.25, -0.2) is 0 Å². The molecule has 1 saturated carbocycles. The van der Waals surface area contributed by atoms with Gasteiger partial charge in [0.25, 0.3) is 0 Å². The molecular formula is C10H8BrIO. The third kappa shape index (κ3) is 2.13. The van der Waals surface area contributed by atoms with Crippen LogP contribution in [-0.4, -0.2) is 5.78 Å². The van der Waals surface area contributed by atoms with Crippen LogP contribution in [-0.2, 0) is 0 Å². The van der Waals surface area contributed by atoms with Crippen LogP contribution < -0.4 is 0 Å². The molecule has 0 N–H and O–H groups in total. The molecule has 1 aliphatic carbocycles. The van der Waals surface area contributed by atoms with Crippen LogP contribution in [0.1, 0.15) is 23.2 Å². The summed E-state index contributed by atoms with van der Waals surface area (Å²) in [5.41, 5.74) is 0.873. The molecule has 0 aliphatic heterocycles. The van der Waals surface area contributed by atoms with Crippen molar-refractivity contribution >= 4 is 44.3 Å². The lowest BCUT2D eigenvalue weighted by Crippen LogP contribution is -2.03. The monoisotopic (exact) mass is 350 g/mol. The molecule has 0 unspecified atom stereocenters. The van der Waals surface area contributed by atoms with E-state index in [1.54, 1.807) is 0 Å². The van der Waals surface area contributed by atoms with E-state index >= 15 is 0 Å². The Morgan fingerprint density at radius 1 is 1.46 bits per heavy atom. The van der Waals surface area contributed by atoms with Crippen LogP contribution >= 0.6 is 38.5 Å². The summed E-state index contributed by atoms with van der Waals surface area (Å²) >= 11 is 5.59. The van der Waals surface area contributed by atoms with Crippen molar-refractivity contribution in [1.29, 1.82) is 0 Å². The van der Waals surface area contributed by atoms with Crippen molar-refractivity contribution in [3.8, 4) is 0 Å². The van der Waals surface area contributed by atoms with Crippen molar-refractivity contribution in [2.75, 3.05) is 0 Å². The molecule has 13 heavy (non-hydrogen) atoms. The predicted molar refractivity (Wildman–Crippen MR) is 63.9 cm³/mol. The zero-order chi connectivity index (χ0) is 9.42. The number of benzene rings is 1. The normalized spacial score (nSPS) is 15.8. The summed E-state index contributed by atoms with van der Waals surface area (Å²) in [5.74, 6) is 0.619.